The molecule has 0 bridgehead atoms. The Morgan fingerprint density at radius 3 is 2.25 bits per heavy atom. The maximum atomic E-state index is 9.65. The number of phenols is 1. The first-order valence-electron chi connectivity index (χ1n) is 5.37. The van der Waals surface area contributed by atoms with E-state index in [1.54, 1.807) is 0 Å². The molecule has 0 atom stereocenters. The number of benzene rings is 1. The molecule has 0 heterocycles. The molecule has 86 valence electrons. The molecule has 0 radical (unpaired) electrons. The first kappa shape index (κ1) is 12.6. The lowest BCUT2D eigenvalue weighted by Gasteiger charge is -2.20. The van der Waals surface area contributed by atoms with Gasteiger partial charge in [0.2, 0.25) is 0 Å². The number of hydrogen-bond acceptors (Lipinski definition) is 2. The van der Waals surface area contributed by atoms with E-state index < -0.39 is 0 Å². The number of aryl methyl sites for hydroxylation is 2. The minimum absolute atomic E-state index is 0.306. The van der Waals surface area contributed by atoms with Crippen LogP contribution in [-0.2, 0) is 6.54 Å². The first-order valence-corrected chi connectivity index (χ1v) is 5.37. The van der Waals surface area contributed by atoms with E-state index in [1.165, 1.54) is 0 Å². The predicted octanol–water partition coefficient (Wildman–Crippen LogP) is 2.51. The van der Waals surface area contributed by atoms with E-state index in [0.29, 0.717) is 12.3 Å². The highest BCUT2D eigenvalue weighted by Gasteiger charge is 2.12. The summed E-state index contributed by atoms with van der Waals surface area (Å²) < 4.78 is 0. The molecule has 0 saturated carbocycles. The molecular weight excluding hydrogens is 198 g/mol. The molecule has 1 aromatic rings. The Kier molecular flexibility index (Phi) is 3.62. The van der Waals surface area contributed by atoms with Crippen LogP contribution in [0.2, 0.25) is 0 Å². The average Bonchev–Trinajstić information content (AvgIpc) is 2.23. The van der Waals surface area contributed by atoms with Gasteiger partial charge < -0.3 is 5.11 Å². The minimum Gasteiger partial charge on any atom is -0.507 e. The predicted molar refractivity (Wildman–Crippen MR) is 67.3 cm³/mol. The highest BCUT2D eigenvalue weighted by Crippen LogP contribution is 2.23. The smallest absolute Gasteiger partial charge is 0.121 e. The standard InChI is InChI=1S/C14H19NO/c1-6-14(4,5)15-9-12-7-10(2)13(16)11(3)8-12/h1,7-8,15-16H,9H2,2-5H3. The summed E-state index contributed by atoms with van der Waals surface area (Å²) in [5.74, 6) is 3.07. The van der Waals surface area contributed by atoms with E-state index in [2.05, 4.69) is 11.2 Å². The molecule has 16 heavy (non-hydrogen) atoms. The van der Waals surface area contributed by atoms with Gasteiger partial charge in [0.15, 0.2) is 0 Å². The SMILES string of the molecule is C#CC(C)(C)NCc1cc(C)c(O)c(C)c1. The van der Waals surface area contributed by atoms with Crippen molar-refractivity contribution in [3.05, 3.63) is 28.8 Å². The summed E-state index contributed by atoms with van der Waals surface area (Å²) in [7, 11) is 0. The fourth-order valence-electron chi connectivity index (χ4n) is 1.52. The summed E-state index contributed by atoms with van der Waals surface area (Å²) in [5.41, 5.74) is 2.63. The Morgan fingerprint density at radius 2 is 1.81 bits per heavy atom. The maximum Gasteiger partial charge on any atom is 0.121 e. The van der Waals surface area contributed by atoms with Gasteiger partial charge in [-0.3, -0.25) is 5.32 Å². The Hall–Kier alpha value is -1.46. The van der Waals surface area contributed by atoms with Gasteiger partial charge in [-0.1, -0.05) is 18.1 Å². The highest BCUT2D eigenvalue weighted by atomic mass is 16.3. The van der Waals surface area contributed by atoms with Crippen LogP contribution in [0.3, 0.4) is 0 Å². The van der Waals surface area contributed by atoms with Crippen LogP contribution in [0.1, 0.15) is 30.5 Å². The third-order valence-corrected chi connectivity index (χ3v) is 2.65. The van der Waals surface area contributed by atoms with Crippen molar-refractivity contribution in [3.8, 4) is 18.1 Å². The lowest BCUT2D eigenvalue weighted by molar-refractivity contribution is 0.465. The molecule has 0 fully saturated rings. The van der Waals surface area contributed by atoms with Crippen LogP contribution >= 0.6 is 0 Å². The fraction of sp³-hybridized carbons (Fsp3) is 0.429. The normalized spacial score (nSPS) is 11.2. The van der Waals surface area contributed by atoms with Crippen molar-refractivity contribution in [2.24, 2.45) is 0 Å². The molecule has 1 aromatic carbocycles. The van der Waals surface area contributed by atoms with Crippen molar-refractivity contribution in [1.82, 2.24) is 5.32 Å². The molecule has 0 aliphatic heterocycles. The van der Waals surface area contributed by atoms with Gasteiger partial charge in [0, 0.05) is 6.54 Å². The number of hydrogen-bond donors (Lipinski definition) is 2. The van der Waals surface area contributed by atoms with E-state index in [-0.39, 0.29) is 5.54 Å². The van der Waals surface area contributed by atoms with Gasteiger partial charge in [-0.15, -0.1) is 6.42 Å². The lowest BCUT2D eigenvalue weighted by Crippen LogP contribution is -2.36. The van der Waals surface area contributed by atoms with Gasteiger partial charge in [-0.2, -0.15) is 0 Å². The molecule has 0 aliphatic rings. The monoisotopic (exact) mass is 217 g/mol. The van der Waals surface area contributed by atoms with E-state index in [4.69, 9.17) is 6.42 Å². The van der Waals surface area contributed by atoms with Gasteiger partial charge >= 0.3 is 0 Å². The molecule has 0 aromatic heterocycles. The fourth-order valence-corrected chi connectivity index (χ4v) is 1.52. The van der Waals surface area contributed by atoms with Crippen molar-refractivity contribution in [1.29, 1.82) is 0 Å². The molecule has 2 N–H and O–H groups in total. The second-order valence-corrected chi connectivity index (χ2v) is 4.70. The van der Waals surface area contributed by atoms with E-state index in [1.807, 2.05) is 39.8 Å². The topological polar surface area (TPSA) is 32.3 Å². The molecule has 2 nitrogen and oxygen atoms in total. The van der Waals surface area contributed by atoms with Crippen LogP contribution in [-0.4, -0.2) is 10.6 Å². The molecule has 2 heteroatoms. The van der Waals surface area contributed by atoms with Gasteiger partial charge in [0.05, 0.1) is 5.54 Å². The van der Waals surface area contributed by atoms with Crippen LogP contribution in [0.25, 0.3) is 0 Å². The van der Waals surface area contributed by atoms with Gasteiger partial charge in [0.25, 0.3) is 0 Å². The molecule has 1 rings (SSSR count). The minimum atomic E-state index is -0.306. The molecule has 0 saturated heterocycles. The van der Waals surface area contributed by atoms with Crippen LogP contribution in [0, 0.1) is 26.2 Å². The Labute approximate surface area is 97.7 Å². The summed E-state index contributed by atoms with van der Waals surface area (Å²) >= 11 is 0. The zero-order chi connectivity index (χ0) is 12.3. The van der Waals surface area contributed by atoms with Crippen molar-refractivity contribution in [3.63, 3.8) is 0 Å². The van der Waals surface area contributed by atoms with E-state index >= 15 is 0 Å². The molecule has 0 amide bonds. The van der Waals surface area contributed by atoms with Gasteiger partial charge in [0.1, 0.15) is 5.75 Å². The van der Waals surface area contributed by atoms with Gasteiger partial charge in [-0.05, 0) is 44.4 Å². The first-order chi connectivity index (χ1) is 7.35. The summed E-state index contributed by atoms with van der Waals surface area (Å²) in [5, 5.41) is 12.9. The molecule has 0 unspecified atom stereocenters. The Morgan fingerprint density at radius 1 is 1.31 bits per heavy atom. The van der Waals surface area contributed by atoms with Crippen molar-refractivity contribution in [2.45, 2.75) is 39.8 Å². The number of aromatic hydroxyl groups is 1. The zero-order valence-electron chi connectivity index (χ0n) is 10.4. The quantitative estimate of drug-likeness (QED) is 0.762. The van der Waals surface area contributed by atoms with Crippen LogP contribution < -0.4 is 5.32 Å². The maximum absolute atomic E-state index is 9.65. The number of phenolic OH excluding ortho intramolecular Hbond substituents is 1. The van der Waals surface area contributed by atoms with E-state index in [0.717, 1.165) is 16.7 Å². The van der Waals surface area contributed by atoms with Crippen molar-refractivity contribution < 1.29 is 5.11 Å². The Balaban J connectivity index is 2.81. The van der Waals surface area contributed by atoms with E-state index in [9.17, 15) is 5.11 Å². The number of nitrogens with one attached hydrogen (secondary N) is 1. The van der Waals surface area contributed by atoms with Crippen LogP contribution in [0.5, 0.6) is 5.75 Å². The average molecular weight is 217 g/mol. The summed E-state index contributed by atoms with van der Waals surface area (Å²) in [6.07, 6.45) is 5.40. The third kappa shape index (κ3) is 3.01. The molecule has 0 aliphatic carbocycles. The second kappa shape index (κ2) is 4.59. The van der Waals surface area contributed by atoms with Crippen molar-refractivity contribution in [2.75, 3.05) is 0 Å². The molecular formula is C14H19NO. The molecule has 0 spiro atoms. The third-order valence-electron chi connectivity index (χ3n) is 2.65. The number of rotatable bonds is 3. The zero-order valence-corrected chi connectivity index (χ0v) is 10.4. The van der Waals surface area contributed by atoms with Gasteiger partial charge in [-0.25, -0.2) is 0 Å². The largest absolute Gasteiger partial charge is 0.507 e. The Bertz CT molecular complexity index is 404. The summed E-state index contributed by atoms with van der Waals surface area (Å²) in [6, 6.07) is 3.95. The number of terminal acetylenes is 1. The summed E-state index contributed by atoms with van der Waals surface area (Å²) in [6.45, 7) is 8.44. The highest BCUT2D eigenvalue weighted by molar-refractivity contribution is 5.42. The van der Waals surface area contributed by atoms with Crippen LogP contribution in [0.15, 0.2) is 12.1 Å². The second-order valence-electron chi connectivity index (χ2n) is 4.70. The lowest BCUT2D eigenvalue weighted by atomic mass is 10.0. The summed E-state index contributed by atoms with van der Waals surface area (Å²) in [4.78, 5) is 0. The van der Waals surface area contributed by atoms with Crippen molar-refractivity contribution >= 4 is 0 Å². The van der Waals surface area contributed by atoms with Crippen LogP contribution in [0.4, 0.5) is 0 Å².